The summed E-state index contributed by atoms with van der Waals surface area (Å²) in [5.41, 5.74) is 3.72. The molecule has 0 radical (unpaired) electrons. The van der Waals surface area contributed by atoms with Crippen LogP contribution in [-0.4, -0.2) is 13.2 Å². The van der Waals surface area contributed by atoms with E-state index in [1.54, 1.807) is 11.9 Å². The smallest absolute Gasteiger partial charge is 0.0878 e. The topological polar surface area (TPSA) is 21.3 Å². The molecule has 0 bridgehead atoms. The molecule has 0 saturated carbocycles. The number of hydrogen-bond acceptors (Lipinski definition) is 3. The second kappa shape index (κ2) is 8.32. The van der Waals surface area contributed by atoms with E-state index in [9.17, 15) is 0 Å². The third kappa shape index (κ3) is 4.72. The van der Waals surface area contributed by atoms with Gasteiger partial charge >= 0.3 is 0 Å². The summed E-state index contributed by atoms with van der Waals surface area (Å²) < 4.78 is 9.55. The van der Waals surface area contributed by atoms with E-state index in [0.29, 0.717) is 16.0 Å². The maximum absolute atomic E-state index is 6.09. The summed E-state index contributed by atoms with van der Waals surface area (Å²) in [7, 11) is 0. The summed E-state index contributed by atoms with van der Waals surface area (Å²) in [6, 6.07) is 14.4. The van der Waals surface area contributed by atoms with Crippen LogP contribution in [-0.2, 0) is 16.1 Å². The van der Waals surface area contributed by atoms with Crippen LogP contribution in [0.2, 0.25) is 10.0 Å². The quantitative estimate of drug-likeness (QED) is 0.466. The van der Waals surface area contributed by atoms with Crippen molar-refractivity contribution < 1.29 is 4.74 Å². The van der Waals surface area contributed by atoms with Crippen molar-refractivity contribution in [1.82, 2.24) is 4.72 Å². The highest BCUT2D eigenvalue weighted by Crippen LogP contribution is 2.38. The molecule has 1 unspecified atom stereocenters. The van der Waals surface area contributed by atoms with Crippen LogP contribution in [0.3, 0.4) is 0 Å². The average molecular weight is 396 g/mol. The average Bonchev–Trinajstić information content (AvgIpc) is 2.60. The molecule has 1 aliphatic rings. The second-order valence-corrected chi connectivity index (χ2v) is 8.51. The largest absolute Gasteiger partial charge is 0.370 e. The Kier molecular flexibility index (Phi) is 6.35. The lowest BCUT2D eigenvalue weighted by Crippen LogP contribution is -2.32. The van der Waals surface area contributed by atoms with E-state index < -0.39 is 0 Å². The van der Waals surface area contributed by atoms with Crippen molar-refractivity contribution >= 4 is 35.1 Å². The van der Waals surface area contributed by atoms with Crippen molar-refractivity contribution in [2.24, 2.45) is 0 Å². The summed E-state index contributed by atoms with van der Waals surface area (Å²) in [6.45, 7) is 6.01. The van der Waals surface area contributed by atoms with Crippen molar-refractivity contribution in [1.29, 1.82) is 0 Å². The monoisotopic (exact) mass is 395 g/mol. The highest BCUT2D eigenvalue weighted by atomic mass is 35.5. The lowest BCUT2D eigenvalue weighted by Gasteiger charge is -2.37. The lowest BCUT2D eigenvalue weighted by molar-refractivity contribution is -0.0436. The Bertz CT molecular complexity index is 735. The summed E-state index contributed by atoms with van der Waals surface area (Å²) in [4.78, 5) is 0. The Morgan fingerprint density at radius 3 is 2.76 bits per heavy atom. The molecule has 2 aromatic rings. The van der Waals surface area contributed by atoms with Crippen molar-refractivity contribution in [3.05, 3.63) is 69.2 Å². The molecular formula is C20H23Cl2NOS. The number of hydrogen-bond donors (Lipinski definition) is 1. The Balaban J connectivity index is 1.49. The Labute approximate surface area is 164 Å². The number of fused-ring (bicyclic) bond motifs is 1. The van der Waals surface area contributed by atoms with Gasteiger partial charge in [0.15, 0.2) is 0 Å². The molecule has 1 aliphatic heterocycles. The van der Waals surface area contributed by atoms with Crippen LogP contribution in [0.1, 0.15) is 42.9 Å². The molecule has 1 atom stereocenters. The maximum atomic E-state index is 6.09. The Morgan fingerprint density at radius 1 is 1.16 bits per heavy atom. The third-order valence-corrected chi connectivity index (χ3v) is 6.24. The molecule has 0 aliphatic carbocycles. The number of benzene rings is 2. The fourth-order valence-corrected chi connectivity index (χ4v) is 4.22. The van der Waals surface area contributed by atoms with Gasteiger partial charge in [0.2, 0.25) is 0 Å². The molecule has 0 aromatic heterocycles. The zero-order valence-electron chi connectivity index (χ0n) is 14.5. The maximum Gasteiger partial charge on any atom is 0.0878 e. The zero-order chi connectivity index (χ0) is 17.9. The predicted molar refractivity (Wildman–Crippen MR) is 109 cm³/mol. The van der Waals surface area contributed by atoms with Gasteiger partial charge in [-0.2, -0.15) is 0 Å². The van der Waals surface area contributed by atoms with Gasteiger partial charge in [-0.25, -0.2) is 0 Å². The predicted octanol–water partition coefficient (Wildman–Crippen LogP) is 6.17. The molecule has 0 spiro atoms. The summed E-state index contributed by atoms with van der Waals surface area (Å²) >= 11 is 13.7. The van der Waals surface area contributed by atoms with Crippen LogP contribution in [0.5, 0.6) is 0 Å². The van der Waals surface area contributed by atoms with Crippen LogP contribution in [0.15, 0.2) is 42.5 Å². The van der Waals surface area contributed by atoms with E-state index in [2.05, 4.69) is 42.8 Å². The number of ether oxygens (including phenoxy) is 1. The van der Waals surface area contributed by atoms with E-state index in [1.165, 1.54) is 16.7 Å². The van der Waals surface area contributed by atoms with Crippen LogP contribution in [0, 0.1) is 0 Å². The highest BCUT2D eigenvalue weighted by Gasteiger charge is 2.32. The fraction of sp³-hybridized carbons (Fsp3) is 0.400. The van der Waals surface area contributed by atoms with Gasteiger partial charge < -0.3 is 4.74 Å². The van der Waals surface area contributed by atoms with E-state index in [0.717, 1.165) is 25.3 Å². The van der Waals surface area contributed by atoms with Gasteiger partial charge in [-0.3, -0.25) is 4.72 Å². The molecule has 0 saturated heterocycles. The molecule has 2 aromatic carbocycles. The first-order chi connectivity index (χ1) is 12.0. The van der Waals surface area contributed by atoms with Gasteiger partial charge in [-0.15, -0.1) is 0 Å². The van der Waals surface area contributed by atoms with Crippen molar-refractivity contribution in [3.8, 4) is 0 Å². The molecule has 1 N–H and O–H groups in total. The first-order valence-corrected chi connectivity index (χ1v) is 10.2. The molecule has 3 rings (SSSR count). The van der Waals surface area contributed by atoms with Gasteiger partial charge in [0.05, 0.1) is 22.3 Å². The minimum atomic E-state index is -0.191. The third-order valence-electron chi connectivity index (χ3n) is 4.61. The first-order valence-electron chi connectivity index (χ1n) is 8.49. The molecule has 1 heterocycles. The molecular weight excluding hydrogens is 373 g/mol. The number of rotatable bonds is 6. The van der Waals surface area contributed by atoms with Gasteiger partial charge in [0.1, 0.15) is 0 Å². The molecule has 2 nitrogen and oxygen atoms in total. The summed E-state index contributed by atoms with van der Waals surface area (Å²) in [5.74, 6) is 1.31. The van der Waals surface area contributed by atoms with Crippen molar-refractivity contribution in [2.45, 2.75) is 37.5 Å². The van der Waals surface area contributed by atoms with Crippen LogP contribution >= 0.6 is 35.1 Å². The standard InChI is InChI=1S/C20H23Cl2NOS/c1-20(2)17-6-4-3-5-16(17)15(12-24-20)9-10-23-25-13-14-7-8-18(21)19(22)11-14/h3-8,11,15,23H,9-10,12-13H2,1-2H3. The zero-order valence-corrected chi connectivity index (χ0v) is 16.8. The van der Waals surface area contributed by atoms with Gasteiger partial charge in [0.25, 0.3) is 0 Å². The minimum absolute atomic E-state index is 0.191. The molecule has 134 valence electrons. The fourth-order valence-electron chi connectivity index (χ4n) is 3.19. The van der Waals surface area contributed by atoms with Crippen LogP contribution in [0.25, 0.3) is 0 Å². The van der Waals surface area contributed by atoms with Gasteiger partial charge in [-0.1, -0.05) is 65.5 Å². The Morgan fingerprint density at radius 2 is 1.96 bits per heavy atom. The van der Waals surface area contributed by atoms with Gasteiger partial charge in [0, 0.05) is 18.2 Å². The van der Waals surface area contributed by atoms with E-state index in [1.807, 2.05) is 18.2 Å². The number of nitrogens with one attached hydrogen (secondary N) is 1. The minimum Gasteiger partial charge on any atom is -0.370 e. The molecule has 25 heavy (non-hydrogen) atoms. The van der Waals surface area contributed by atoms with E-state index >= 15 is 0 Å². The normalized spacial score (nSPS) is 18.8. The second-order valence-electron chi connectivity index (χ2n) is 6.83. The molecule has 5 heteroatoms. The lowest BCUT2D eigenvalue weighted by atomic mass is 9.82. The summed E-state index contributed by atoms with van der Waals surface area (Å²) in [6.07, 6.45) is 1.06. The van der Waals surface area contributed by atoms with E-state index in [-0.39, 0.29) is 5.60 Å². The van der Waals surface area contributed by atoms with Gasteiger partial charge in [-0.05, 0) is 49.1 Å². The van der Waals surface area contributed by atoms with E-state index in [4.69, 9.17) is 27.9 Å². The van der Waals surface area contributed by atoms with Crippen molar-refractivity contribution in [3.63, 3.8) is 0 Å². The number of halogens is 2. The van der Waals surface area contributed by atoms with Crippen LogP contribution < -0.4 is 4.72 Å². The van der Waals surface area contributed by atoms with Crippen LogP contribution in [0.4, 0.5) is 0 Å². The summed E-state index contributed by atoms with van der Waals surface area (Å²) in [5, 5.41) is 1.21. The first kappa shape index (κ1) is 19.1. The highest BCUT2D eigenvalue weighted by molar-refractivity contribution is 7.96. The van der Waals surface area contributed by atoms with Crippen molar-refractivity contribution in [2.75, 3.05) is 13.2 Å². The SMILES string of the molecule is CC1(C)OCC(CCNSCc2ccc(Cl)c(Cl)c2)c2ccccc21. The molecule has 0 amide bonds. The molecule has 0 fully saturated rings. The Hall–Kier alpha value is -0.710.